The van der Waals surface area contributed by atoms with Gasteiger partial charge in [0.15, 0.2) is 0 Å². The lowest BCUT2D eigenvalue weighted by Gasteiger charge is -2.08. The number of hydrogen-bond acceptors (Lipinski definition) is 2. The second-order valence-electron chi connectivity index (χ2n) is 2.53. The minimum atomic E-state index is -2.79. The molecule has 1 amide bonds. The Balaban J connectivity index is 3.35. The number of carbonyl (C=O) groups is 1. The largest absolute Gasteiger partial charge is 0.366 e. The summed E-state index contributed by atoms with van der Waals surface area (Å²) in [6.07, 6.45) is -1.57. The minimum Gasteiger partial charge on any atom is -0.366 e. The van der Waals surface area contributed by atoms with Crippen molar-refractivity contribution in [1.29, 1.82) is 0 Å². The van der Waals surface area contributed by atoms with Crippen LogP contribution in [0.1, 0.15) is 28.0 Å². The number of rotatable bonds is 3. The summed E-state index contributed by atoms with van der Waals surface area (Å²) in [5.74, 6) is -0.886. The van der Waals surface area contributed by atoms with E-state index in [1.807, 2.05) is 0 Å². The highest BCUT2D eigenvalue weighted by Gasteiger charge is 2.20. The number of alkyl halides is 3. The molecule has 0 fully saturated rings. The van der Waals surface area contributed by atoms with Gasteiger partial charge in [-0.15, -0.1) is 0 Å². The second kappa shape index (κ2) is 4.45. The zero-order valence-corrected chi connectivity index (χ0v) is 8.59. The molecular weight excluding hydrogens is 258 g/mol. The predicted molar refractivity (Wildman–Crippen MR) is 50.3 cm³/mol. The van der Waals surface area contributed by atoms with Crippen LogP contribution in [0.2, 0.25) is 0 Å². The van der Waals surface area contributed by atoms with Crippen LogP contribution in [0.4, 0.5) is 8.78 Å². The van der Waals surface area contributed by atoms with E-state index in [1.165, 1.54) is 12.3 Å². The predicted octanol–water partition coefficient (Wildman–Crippen LogP) is 2.01. The normalized spacial score (nSPS) is 10.6. The van der Waals surface area contributed by atoms with E-state index in [0.717, 1.165) is 0 Å². The van der Waals surface area contributed by atoms with Crippen molar-refractivity contribution in [2.45, 2.75) is 11.8 Å². The van der Waals surface area contributed by atoms with Crippen molar-refractivity contribution in [3.8, 4) is 0 Å². The van der Waals surface area contributed by atoms with Crippen molar-refractivity contribution in [2.24, 2.45) is 5.73 Å². The number of primary amides is 1. The molecule has 6 heteroatoms. The third-order valence-corrected chi connectivity index (χ3v) is 2.27. The summed E-state index contributed by atoms with van der Waals surface area (Å²) in [5.41, 5.74) is 4.66. The van der Waals surface area contributed by atoms with Gasteiger partial charge in [0.2, 0.25) is 0 Å². The number of amides is 1. The highest BCUT2D eigenvalue weighted by Crippen LogP contribution is 2.23. The van der Waals surface area contributed by atoms with Crippen molar-refractivity contribution >= 4 is 21.8 Å². The molecule has 0 aliphatic carbocycles. The van der Waals surface area contributed by atoms with Gasteiger partial charge in [0.1, 0.15) is 5.69 Å². The summed E-state index contributed by atoms with van der Waals surface area (Å²) in [4.78, 5) is 14.4. The first kappa shape index (κ1) is 11.0. The molecule has 14 heavy (non-hydrogen) atoms. The van der Waals surface area contributed by atoms with E-state index < -0.39 is 18.0 Å². The molecule has 2 N–H and O–H groups in total. The van der Waals surface area contributed by atoms with Gasteiger partial charge in [0.25, 0.3) is 12.3 Å². The number of hydrogen-bond donors (Lipinski definition) is 1. The standard InChI is InChI=1S/C8H7BrF2N2O/c9-3-4-1-2-13-6(7(10)11)5(4)8(12)14/h1-2,7H,3H2,(H2,12,14). The summed E-state index contributed by atoms with van der Waals surface area (Å²) in [5, 5.41) is 0.285. The first-order chi connectivity index (χ1) is 6.57. The average Bonchev–Trinajstić information content (AvgIpc) is 2.16. The van der Waals surface area contributed by atoms with Gasteiger partial charge >= 0.3 is 0 Å². The van der Waals surface area contributed by atoms with Crippen LogP contribution in [0.25, 0.3) is 0 Å². The van der Waals surface area contributed by atoms with Gasteiger partial charge in [-0.2, -0.15) is 0 Å². The van der Waals surface area contributed by atoms with Crippen LogP contribution in [0, 0.1) is 0 Å². The van der Waals surface area contributed by atoms with Crippen molar-refractivity contribution in [3.63, 3.8) is 0 Å². The van der Waals surface area contributed by atoms with Crippen LogP contribution in [0.3, 0.4) is 0 Å². The molecule has 0 saturated heterocycles. The van der Waals surface area contributed by atoms with Gasteiger partial charge in [-0.05, 0) is 11.6 Å². The summed E-state index contributed by atoms with van der Waals surface area (Å²) >= 11 is 3.08. The molecule has 3 nitrogen and oxygen atoms in total. The Morgan fingerprint density at radius 1 is 1.64 bits per heavy atom. The molecule has 0 aliphatic heterocycles. The molecule has 76 valence electrons. The Bertz CT molecular complexity index is 357. The number of pyridine rings is 1. The van der Waals surface area contributed by atoms with Gasteiger partial charge < -0.3 is 5.73 Å². The first-order valence-corrected chi connectivity index (χ1v) is 4.81. The van der Waals surface area contributed by atoms with E-state index in [9.17, 15) is 13.6 Å². The molecular formula is C8H7BrF2N2O. The SMILES string of the molecule is NC(=O)c1c(CBr)ccnc1C(F)F. The van der Waals surface area contributed by atoms with Crippen LogP contribution in [-0.4, -0.2) is 10.9 Å². The zero-order valence-electron chi connectivity index (χ0n) is 7.01. The molecule has 0 aliphatic rings. The Morgan fingerprint density at radius 3 is 2.71 bits per heavy atom. The van der Waals surface area contributed by atoms with E-state index >= 15 is 0 Å². The maximum Gasteiger partial charge on any atom is 0.281 e. The quantitative estimate of drug-likeness (QED) is 0.850. The Labute approximate surface area is 87.4 Å². The zero-order chi connectivity index (χ0) is 10.7. The lowest BCUT2D eigenvalue weighted by atomic mass is 10.1. The van der Waals surface area contributed by atoms with Crippen LogP contribution >= 0.6 is 15.9 Å². The summed E-state index contributed by atoms with van der Waals surface area (Å²) in [7, 11) is 0. The molecule has 1 heterocycles. The molecule has 0 aromatic carbocycles. The fourth-order valence-corrected chi connectivity index (χ4v) is 1.55. The Kier molecular flexibility index (Phi) is 3.51. The lowest BCUT2D eigenvalue weighted by Crippen LogP contribution is -2.17. The molecule has 1 aromatic rings. The number of nitrogens with two attached hydrogens (primary N) is 1. The Hall–Kier alpha value is -1.04. The van der Waals surface area contributed by atoms with Crippen LogP contribution < -0.4 is 5.73 Å². The number of nitrogens with zero attached hydrogens (tertiary/aromatic N) is 1. The van der Waals surface area contributed by atoms with Crippen molar-refractivity contribution in [2.75, 3.05) is 0 Å². The summed E-state index contributed by atoms with van der Waals surface area (Å²) in [6, 6.07) is 1.47. The maximum absolute atomic E-state index is 12.4. The van der Waals surface area contributed by atoms with Crippen LogP contribution in [-0.2, 0) is 5.33 Å². The topological polar surface area (TPSA) is 56.0 Å². The van der Waals surface area contributed by atoms with E-state index in [4.69, 9.17) is 5.73 Å². The summed E-state index contributed by atoms with van der Waals surface area (Å²) < 4.78 is 24.8. The van der Waals surface area contributed by atoms with Crippen LogP contribution in [0.5, 0.6) is 0 Å². The second-order valence-corrected chi connectivity index (χ2v) is 3.09. The van der Waals surface area contributed by atoms with Gasteiger partial charge in [0, 0.05) is 11.5 Å². The third-order valence-electron chi connectivity index (χ3n) is 1.66. The van der Waals surface area contributed by atoms with Crippen molar-refractivity contribution in [1.82, 2.24) is 4.98 Å². The van der Waals surface area contributed by atoms with E-state index in [1.54, 1.807) is 0 Å². The molecule has 0 unspecified atom stereocenters. The van der Waals surface area contributed by atoms with Gasteiger partial charge in [-0.3, -0.25) is 9.78 Å². The number of carbonyl (C=O) groups excluding carboxylic acids is 1. The minimum absolute atomic E-state index is 0.195. The molecule has 0 radical (unpaired) electrons. The smallest absolute Gasteiger partial charge is 0.281 e. The van der Waals surface area contributed by atoms with E-state index in [-0.39, 0.29) is 10.9 Å². The summed E-state index contributed by atoms with van der Waals surface area (Å²) in [6.45, 7) is 0. The lowest BCUT2D eigenvalue weighted by molar-refractivity contribution is 0.0982. The van der Waals surface area contributed by atoms with Gasteiger partial charge in [-0.25, -0.2) is 8.78 Å². The maximum atomic E-state index is 12.4. The highest BCUT2D eigenvalue weighted by molar-refractivity contribution is 9.08. The average molecular weight is 265 g/mol. The number of aromatic nitrogens is 1. The van der Waals surface area contributed by atoms with Gasteiger partial charge in [-0.1, -0.05) is 15.9 Å². The number of halogens is 3. The monoisotopic (exact) mass is 264 g/mol. The fraction of sp³-hybridized carbons (Fsp3) is 0.250. The molecule has 0 saturated carbocycles. The van der Waals surface area contributed by atoms with E-state index in [0.29, 0.717) is 5.56 Å². The van der Waals surface area contributed by atoms with Crippen LogP contribution in [0.15, 0.2) is 12.3 Å². The van der Waals surface area contributed by atoms with Gasteiger partial charge in [0.05, 0.1) is 5.56 Å². The molecule has 0 bridgehead atoms. The first-order valence-electron chi connectivity index (χ1n) is 3.69. The molecule has 1 rings (SSSR count). The Morgan fingerprint density at radius 2 is 2.29 bits per heavy atom. The fourth-order valence-electron chi connectivity index (χ4n) is 1.08. The molecule has 0 atom stereocenters. The molecule has 1 aromatic heterocycles. The van der Waals surface area contributed by atoms with Crippen molar-refractivity contribution in [3.05, 3.63) is 29.1 Å². The van der Waals surface area contributed by atoms with E-state index in [2.05, 4.69) is 20.9 Å². The highest BCUT2D eigenvalue weighted by atomic mass is 79.9. The molecule has 0 spiro atoms. The third kappa shape index (κ3) is 2.06. The van der Waals surface area contributed by atoms with Crippen molar-refractivity contribution < 1.29 is 13.6 Å².